The number of methoxy groups -OCH3 is 1. The van der Waals surface area contributed by atoms with Crippen LogP contribution >= 0.6 is 0 Å². The van der Waals surface area contributed by atoms with Crippen molar-refractivity contribution >= 4 is 11.8 Å². The van der Waals surface area contributed by atoms with Crippen LogP contribution in [0.15, 0.2) is 0 Å². The number of rotatable bonds is 9. The van der Waals surface area contributed by atoms with Gasteiger partial charge in [-0.15, -0.1) is 0 Å². The molecule has 1 spiro atoms. The lowest BCUT2D eigenvalue weighted by Gasteiger charge is -2.62. The van der Waals surface area contributed by atoms with Crippen LogP contribution in [0, 0.1) is 5.92 Å². The maximum absolute atomic E-state index is 13.0. The summed E-state index contributed by atoms with van der Waals surface area (Å²) in [6.45, 7) is 4.42. The van der Waals surface area contributed by atoms with Crippen molar-refractivity contribution in [2.45, 2.75) is 56.2 Å². The lowest BCUT2D eigenvalue weighted by Crippen LogP contribution is -2.79. The van der Waals surface area contributed by atoms with Crippen molar-refractivity contribution in [3.05, 3.63) is 0 Å². The molecule has 0 aromatic rings. The summed E-state index contributed by atoms with van der Waals surface area (Å²) in [7, 11) is 1.61. The largest absolute Gasteiger partial charge is 0.382 e. The molecule has 3 aliphatic heterocycles. The number of β-lactam (4-membered cyclic amide) rings is 1. The van der Waals surface area contributed by atoms with Crippen molar-refractivity contribution < 1.29 is 28.5 Å². The van der Waals surface area contributed by atoms with Gasteiger partial charge in [0, 0.05) is 39.5 Å². The molecular formula is C21H34N2O6. The van der Waals surface area contributed by atoms with Crippen molar-refractivity contribution in [2.75, 3.05) is 59.8 Å². The molecule has 3 heterocycles. The minimum Gasteiger partial charge on any atom is -0.382 e. The zero-order valence-corrected chi connectivity index (χ0v) is 17.5. The fraction of sp³-hybridized carbons (Fsp3) is 0.905. The molecule has 4 fully saturated rings. The first kappa shape index (κ1) is 21.0. The summed E-state index contributed by atoms with van der Waals surface area (Å²) >= 11 is 0. The topological polar surface area (TPSA) is 77.5 Å². The number of piperidine rings is 1. The summed E-state index contributed by atoms with van der Waals surface area (Å²) in [6, 6.07) is 0.180. The van der Waals surface area contributed by atoms with Crippen molar-refractivity contribution in [3.63, 3.8) is 0 Å². The molecule has 4 rings (SSSR count). The monoisotopic (exact) mass is 410 g/mol. The smallest absolute Gasteiger partial charge is 0.254 e. The fourth-order valence-electron chi connectivity index (χ4n) is 4.92. The van der Waals surface area contributed by atoms with E-state index in [0.29, 0.717) is 52.0 Å². The van der Waals surface area contributed by atoms with Gasteiger partial charge in [-0.05, 0) is 44.4 Å². The maximum atomic E-state index is 13.0. The summed E-state index contributed by atoms with van der Waals surface area (Å²) in [5, 5.41) is 0. The molecule has 2 amide bonds. The SMILES string of the molecule is COCCOCC(=O)N1CCC(N2C(=O)C(OCC3CC3)C23CCOCC3)CC1. The van der Waals surface area contributed by atoms with Crippen molar-refractivity contribution in [1.29, 1.82) is 0 Å². The number of hydrogen-bond acceptors (Lipinski definition) is 6. The summed E-state index contributed by atoms with van der Waals surface area (Å²) in [5.41, 5.74) is -0.204. The van der Waals surface area contributed by atoms with E-state index in [1.165, 1.54) is 12.8 Å². The van der Waals surface area contributed by atoms with E-state index in [1.54, 1.807) is 7.11 Å². The van der Waals surface area contributed by atoms with Gasteiger partial charge in [0.25, 0.3) is 5.91 Å². The van der Waals surface area contributed by atoms with E-state index in [1.807, 2.05) is 4.90 Å². The number of ether oxygens (including phenoxy) is 4. The highest BCUT2D eigenvalue weighted by atomic mass is 16.5. The van der Waals surface area contributed by atoms with E-state index in [2.05, 4.69) is 4.90 Å². The molecule has 8 nitrogen and oxygen atoms in total. The first-order chi connectivity index (χ1) is 14.2. The molecule has 0 radical (unpaired) electrons. The molecule has 1 atom stereocenters. The lowest BCUT2D eigenvalue weighted by atomic mass is 9.72. The minimum atomic E-state index is -0.305. The van der Waals surface area contributed by atoms with E-state index >= 15 is 0 Å². The molecule has 164 valence electrons. The van der Waals surface area contributed by atoms with Crippen LogP contribution in [0.1, 0.15) is 38.5 Å². The zero-order chi connectivity index (χ0) is 20.3. The van der Waals surface area contributed by atoms with E-state index < -0.39 is 0 Å². The Morgan fingerprint density at radius 1 is 1.14 bits per heavy atom. The maximum Gasteiger partial charge on any atom is 0.254 e. The first-order valence-electron chi connectivity index (χ1n) is 11.0. The Hall–Kier alpha value is -1.22. The highest BCUT2D eigenvalue weighted by Gasteiger charge is 2.63. The molecule has 1 saturated carbocycles. The van der Waals surface area contributed by atoms with Crippen molar-refractivity contribution in [1.82, 2.24) is 9.80 Å². The Labute approximate surface area is 172 Å². The molecule has 1 unspecified atom stereocenters. The van der Waals surface area contributed by atoms with Gasteiger partial charge in [-0.3, -0.25) is 9.59 Å². The predicted octanol–water partition coefficient (Wildman–Crippen LogP) is 0.827. The summed E-state index contributed by atoms with van der Waals surface area (Å²) in [4.78, 5) is 29.3. The van der Waals surface area contributed by atoms with Gasteiger partial charge in [-0.2, -0.15) is 0 Å². The molecule has 0 N–H and O–H groups in total. The summed E-state index contributed by atoms with van der Waals surface area (Å²) in [6.07, 6.45) is 5.47. The van der Waals surface area contributed by atoms with Gasteiger partial charge in [0.15, 0.2) is 6.10 Å². The molecule has 4 aliphatic rings. The highest BCUT2D eigenvalue weighted by molar-refractivity contribution is 5.91. The third kappa shape index (κ3) is 4.45. The second-order valence-corrected chi connectivity index (χ2v) is 8.74. The van der Waals surface area contributed by atoms with Gasteiger partial charge in [-0.25, -0.2) is 0 Å². The van der Waals surface area contributed by atoms with Crippen LogP contribution < -0.4 is 0 Å². The van der Waals surface area contributed by atoms with E-state index in [4.69, 9.17) is 18.9 Å². The Morgan fingerprint density at radius 3 is 2.52 bits per heavy atom. The standard InChI is InChI=1S/C21H34N2O6/c1-26-12-13-28-15-18(24)22-8-4-17(5-9-22)23-20(25)19(29-14-16-2-3-16)21(23)6-10-27-11-7-21/h16-17,19H,2-15H2,1H3. The van der Waals surface area contributed by atoms with E-state index in [-0.39, 0.29) is 36.1 Å². The number of likely N-dealkylation sites (tertiary alicyclic amines) is 2. The van der Waals surface area contributed by atoms with E-state index in [0.717, 1.165) is 25.7 Å². The Kier molecular flexibility index (Phi) is 6.73. The molecule has 29 heavy (non-hydrogen) atoms. The van der Waals surface area contributed by atoms with Gasteiger partial charge in [0.1, 0.15) is 6.61 Å². The molecule has 3 saturated heterocycles. The molecule has 0 bridgehead atoms. The van der Waals surface area contributed by atoms with Crippen LogP contribution in [0.25, 0.3) is 0 Å². The van der Waals surface area contributed by atoms with E-state index in [9.17, 15) is 9.59 Å². The first-order valence-corrected chi connectivity index (χ1v) is 11.0. The minimum absolute atomic E-state index is 0.0147. The van der Waals surface area contributed by atoms with Crippen molar-refractivity contribution in [3.8, 4) is 0 Å². The van der Waals surface area contributed by atoms with Crippen LogP contribution in [0.4, 0.5) is 0 Å². The van der Waals surface area contributed by atoms with Crippen LogP contribution in [0.2, 0.25) is 0 Å². The average molecular weight is 411 g/mol. The molecular weight excluding hydrogens is 376 g/mol. The predicted molar refractivity (Wildman–Crippen MR) is 104 cm³/mol. The molecule has 8 heteroatoms. The number of hydrogen-bond donors (Lipinski definition) is 0. The summed E-state index contributed by atoms with van der Waals surface area (Å²) < 4.78 is 22.0. The van der Waals surface area contributed by atoms with Crippen LogP contribution in [0.3, 0.4) is 0 Å². The normalized spacial score (nSPS) is 27.3. The molecule has 1 aliphatic carbocycles. The van der Waals surface area contributed by atoms with Crippen LogP contribution in [0.5, 0.6) is 0 Å². The average Bonchev–Trinajstić information content (AvgIpc) is 3.57. The third-order valence-corrected chi connectivity index (χ3v) is 6.82. The molecule has 0 aromatic carbocycles. The van der Waals surface area contributed by atoms with Gasteiger partial charge in [0.05, 0.1) is 25.4 Å². The van der Waals surface area contributed by atoms with Crippen molar-refractivity contribution in [2.24, 2.45) is 5.92 Å². The second kappa shape index (κ2) is 9.29. The van der Waals surface area contributed by atoms with Crippen LogP contribution in [-0.2, 0) is 28.5 Å². The number of carbonyl (C=O) groups excluding carboxylic acids is 2. The highest BCUT2D eigenvalue weighted by Crippen LogP contribution is 2.46. The van der Waals surface area contributed by atoms with Gasteiger partial charge in [0.2, 0.25) is 5.91 Å². The van der Waals surface area contributed by atoms with Crippen LogP contribution in [-0.4, -0.2) is 99.1 Å². The second-order valence-electron chi connectivity index (χ2n) is 8.74. The third-order valence-electron chi connectivity index (χ3n) is 6.82. The quantitative estimate of drug-likeness (QED) is 0.414. The lowest BCUT2D eigenvalue weighted by molar-refractivity contribution is -0.219. The van der Waals surface area contributed by atoms with Gasteiger partial charge >= 0.3 is 0 Å². The van der Waals surface area contributed by atoms with Gasteiger partial charge < -0.3 is 28.7 Å². The number of nitrogens with zero attached hydrogens (tertiary/aromatic N) is 2. The molecule has 0 aromatic heterocycles. The van der Waals surface area contributed by atoms with Gasteiger partial charge in [-0.1, -0.05) is 0 Å². The number of amides is 2. The Bertz CT molecular complexity index is 582. The number of carbonyl (C=O) groups is 2. The Balaban J connectivity index is 1.31. The summed E-state index contributed by atoms with van der Waals surface area (Å²) in [5.74, 6) is 0.801. The Morgan fingerprint density at radius 2 is 1.86 bits per heavy atom. The fourth-order valence-corrected chi connectivity index (χ4v) is 4.92. The zero-order valence-electron chi connectivity index (χ0n) is 17.5.